The molecule has 1 unspecified atom stereocenters. The Morgan fingerprint density at radius 2 is 2.12 bits per heavy atom. The second-order valence-corrected chi connectivity index (χ2v) is 3.71. The molecule has 0 saturated heterocycles. The zero-order chi connectivity index (χ0) is 12.1. The van der Waals surface area contributed by atoms with Gasteiger partial charge in [0.2, 0.25) is 0 Å². The lowest BCUT2D eigenvalue weighted by atomic mass is 10.00. The minimum absolute atomic E-state index is 0.261. The number of hydrogen-bond acceptors (Lipinski definition) is 2. The van der Waals surface area contributed by atoms with Crippen molar-refractivity contribution in [2.24, 2.45) is 5.73 Å². The van der Waals surface area contributed by atoms with Crippen molar-refractivity contribution >= 4 is 5.78 Å². The Morgan fingerprint density at radius 1 is 1.44 bits per heavy atom. The van der Waals surface area contributed by atoms with Crippen LogP contribution in [-0.2, 0) is 0 Å². The van der Waals surface area contributed by atoms with Crippen LogP contribution in [0.25, 0.3) is 0 Å². The summed E-state index contributed by atoms with van der Waals surface area (Å²) in [5.74, 6) is -2.67. The number of hydrogen-bond donors (Lipinski definition) is 1. The molecule has 88 valence electrons. The fourth-order valence-electron chi connectivity index (χ4n) is 1.45. The van der Waals surface area contributed by atoms with E-state index in [1.807, 2.05) is 6.92 Å². The molecule has 0 aliphatic carbocycles. The first-order valence-electron chi connectivity index (χ1n) is 5.31. The maximum absolute atomic E-state index is 13.3. The number of carbonyl (C=O) groups excluding carboxylic acids is 1. The Balaban J connectivity index is 2.84. The maximum atomic E-state index is 13.3. The zero-order valence-corrected chi connectivity index (χ0v) is 9.17. The number of nitrogens with two attached hydrogens (primary N) is 1. The van der Waals surface area contributed by atoms with Crippen LogP contribution in [0.5, 0.6) is 0 Å². The zero-order valence-electron chi connectivity index (χ0n) is 9.17. The van der Waals surface area contributed by atoms with Gasteiger partial charge in [-0.2, -0.15) is 0 Å². The first-order valence-corrected chi connectivity index (χ1v) is 5.31. The van der Waals surface area contributed by atoms with Gasteiger partial charge in [-0.05, 0) is 18.6 Å². The molecule has 0 aromatic heterocycles. The van der Waals surface area contributed by atoms with E-state index in [1.165, 1.54) is 12.1 Å². The van der Waals surface area contributed by atoms with Gasteiger partial charge in [0, 0.05) is 0 Å². The number of Topliss-reactive ketones (excluding diaryl/α,β-unsaturated/α-hetero) is 1. The minimum Gasteiger partial charge on any atom is -0.321 e. The van der Waals surface area contributed by atoms with Crippen LogP contribution in [0.4, 0.5) is 8.78 Å². The molecule has 16 heavy (non-hydrogen) atoms. The van der Waals surface area contributed by atoms with Crippen LogP contribution >= 0.6 is 0 Å². The molecule has 1 rings (SSSR count). The second-order valence-electron chi connectivity index (χ2n) is 3.71. The van der Waals surface area contributed by atoms with Crippen molar-refractivity contribution in [1.29, 1.82) is 0 Å². The number of benzene rings is 1. The van der Waals surface area contributed by atoms with Crippen molar-refractivity contribution in [3.63, 3.8) is 0 Å². The predicted molar refractivity (Wildman–Crippen MR) is 58.2 cm³/mol. The van der Waals surface area contributed by atoms with Crippen molar-refractivity contribution < 1.29 is 13.6 Å². The molecule has 0 aliphatic heterocycles. The van der Waals surface area contributed by atoms with Crippen molar-refractivity contribution in [3.8, 4) is 0 Å². The van der Waals surface area contributed by atoms with E-state index in [1.54, 1.807) is 0 Å². The highest BCUT2D eigenvalue weighted by Gasteiger charge is 2.20. The molecular weight excluding hydrogens is 212 g/mol. The molecule has 2 nitrogen and oxygen atoms in total. The number of halogens is 2. The van der Waals surface area contributed by atoms with Crippen LogP contribution in [0.3, 0.4) is 0 Å². The van der Waals surface area contributed by atoms with Crippen molar-refractivity contribution in [3.05, 3.63) is 35.4 Å². The van der Waals surface area contributed by atoms with Crippen LogP contribution in [0.1, 0.15) is 36.5 Å². The standard InChI is InChI=1S/C12H15F2NO/c1-2-3-7-10(15)12(16)8-5-4-6-9(13)11(8)14/h4-6,10H,2-3,7,15H2,1H3. The third-order valence-corrected chi connectivity index (χ3v) is 2.42. The van der Waals surface area contributed by atoms with Crippen LogP contribution < -0.4 is 5.73 Å². The van der Waals surface area contributed by atoms with Gasteiger partial charge in [0.25, 0.3) is 0 Å². The molecular formula is C12H15F2NO. The molecule has 0 aliphatic rings. The largest absolute Gasteiger partial charge is 0.321 e. The van der Waals surface area contributed by atoms with Crippen molar-refractivity contribution in [2.75, 3.05) is 0 Å². The lowest BCUT2D eigenvalue weighted by Gasteiger charge is -2.10. The van der Waals surface area contributed by atoms with Gasteiger partial charge in [0.1, 0.15) is 0 Å². The first kappa shape index (κ1) is 12.8. The number of unbranched alkanes of at least 4 members (excludes halogenated alkanes) is 1. The summed E-state index contributed by atoms with van der Waals surface area (Å²) in [7, 11) is 0. The van der Waals surface area contributed by atoms with Gasteiger partial charge in [-0.3, -0.25) is 4.79 Å². The van der Waals surface area contributed by atoms with Gasteiger partial charge in [-0.15, -0.1) is 0 Å². The molecule has 0 amide bonds. The fraction of sp³-hybridized carbons (Fsp3) is 0.417. The van der Waals surface area contributed by atoms with Crippen LogP contribution in [-0.4, -0.2) is 11.8 Å². The quantitative estimate of drug-likeness (QED) is 0.786. The topological polar surface area (TPSA) is 43.1 Å². The molecule has 2 N–H and O–H groups in total. The molecule has 1 aromatic carbocycles. The first-order chi connectivity index (χ1) is 7.57. The van der Waals surface area contributed by atoms with E-state index < -0.39 is 23.5 Å². The predicted octanol–water partition coefficient (Wildman–Crippen LogP) is 2.67. The third kappa shape index (κ3) is 2.85. The van der Waals surface area contributed by atoms with E-state index in [0.717, 1.165) is 18.9 Å². The molecule has 0 radical (unpaired) electrons. The van der Waals surface area contributed by atoms with Crippen LogP contribution in [0, 0.1) is 11.6 Å². The molecule has 0 bridgehead atoms. The summed E-state index contributed by atoms with van der Waals surface area (Å²) in [4.78, 5) is 11.7. The summed E-state index contributed by atoms with van der Waals surface area (Å²) < 4.78 is 26.2. The Hall–Kier alpha value is -1.29. The Morgan fingerprint density at radius 3 is 2.75 bits per heavy atom. The summed E-state index contributed by atoms with van der Waals surface area (Å²) in [5, 5.41) is 0. The smallest absolute Gasteiger partial charge is 0.182 e. The monoisotopic (exact) mass is 227 g/mol. The normalized spacial score (nSPS) is 12.5. The van der Waals surface area contributed by atoms with E-state index in [-0.39, 0.29) is 5.56 Å². The van der Waals surface area contributed by atoms with Gasteiger partial charge < -0.3 is 5.73 Å². The third-order valence-electron chi connectivity index (χ3n) is 2.42. The lowest BCUT2D eigenvalue weighted by molar-refractivity contribution is 0.0951. The maximum Gasteiger partial charge on any atom is 0.182 e. The summed E-state index contributed by atoms with van der Waals surface area (Å²) >= 11 is 0. The minimum atomic E-state index is -1.11. The number of carbonyl (C=O) groups is 1. The highest BCUT2D eigenvalue weighted by atomic mass is 19.2. The van der Waals surface area contributed by atoms with E-state index in [2.05, 4.69) is 0 Å². The molecule has 0 heterocycles. The summed E-state index contributed by atoms with van der Waals surface area (Å²) in [6.45, 7) is 1.97. The van der Waals surface area contributed by atoms with E-state index in [9.17, 15) is 13.6 Å². The molecule has 1 aromatic rings. The molecule has 4 heteroatoms. The molecule has 0 saturated carbocycles. The molecule has 0 fully saturated rings. The fourth-order valence-corrected chi connectivity index (χ4v) is 1.45. The van der Waals surface area contributed by atoms with Gasteiger partial charge in [0.05, 0.1) is 11.6 Å². The number of ketones is 1. The Labute approximate surface area is 93.5 Å². The van der Waals surface area contributed by atoms with Gasteiger partial charge >= 0.3 is 0 Å². The van der Waals surface area contributed by atoms with Gasteiger partial charge in [-0.1, -0.05) is 25.8 Å². The Bertz CT molecular complexity index is 379. The summed E-state index contributed by atoms with van der Waals surface area (Å²) in [6, 6.07) is 2.78. The Kier molecular flexibility index (Phi) is 4.55. The summed E-state index contributed by atoms with van der Waals surface area (Å²) in [6.07, 6.45) is 2.20. The van der Waals surface area contributed by atoms with E-state index >= 15 is 0 Å². The molecule has 1 atom stereocenters. The van der Waals surface area contributed by atoms with E-state index in [4.69, 9.17) is 5.73 Å². The van der Waals surface area contributed by atoms with Gasteiger partial charge in [-0.25, -0.2) is 8.78 Å². The number of rotatable bonds is 5. The van der Waals surface area contributed by atoms with Crippen molar-refractivity contribution in [1.82, 2.24) is 0 Å². The van der Waals surface area contributed by atoms with Crippen LogP contribution in [0.2, 0.25) is 0 Å². The average molecular weight is 227 g/mol. The second kappa shape index (κ2) is 5.70. The highest BCUT2D eigenvalue weighted by Crippen LogP contribution is 2.14. The SMILES string of the molecule is CCCCC(N)C(=O)c1cccc(F)c1F. The van der Waals surface area contributed by atoms with Crippen molar-refractivity contribution in [2.45, 2.75) is 32.2 Å². The van der Waals surface area contributed by atoms with Crippen LogP contribution in [0.15, 0.2) is 18.2 Å². The average Bonchev–Trinajstić information content (AvgIpc) is 2.28. The van der Waals surface area contributed by atoms with Gasteiger partial charge in [0.15, 0.2) is 17.4 Å². The van der Waals surface area contributed by atoms with E-state index in [0.29, 0.717) is 6.42 Å². The highest BCUT2D eigenvalue weighted by molar-refractivity contribution is 6.00. The lowest BCUT2D eigenvalue weighted by Crippen LogP contribution is -2.31. The molecule has 0 spiro atoms. The summed E-state index contributed by atoms with van der Waals surface area (Å²) in [5.41, 5.74) is 5.36.